The highest BCUT2D eigenvalue weighted by atomic mass is 31.2. The van der Waals surface area contributed by atoms with Crippen molar-refractivity contribution in [1.82, 2.24) is 0 Å². The molecule has 82 heavy (non-hydrogen) atoms. The number of nitrogens with zero attached hydrogens (tertiary/aromatic N) is 1. The Morgan fingerprint density at radius 2 is 0.659 bits per heavy atom. The number of allylic oxidation sites excluding steroid dienone is 4. The second-order valence-electron chi connectivity index (χ2n) is 26.0. The zero-order chi connectivity index (χ0) is 59.8. The van der Waals surface area contributed by atoms with Crippen LogP contribution in [0.2, 0.25) is 0 Å². The molecule has 10 heteroatoms. The molecule has 0 bridgehead atoms. The van der Waals surface area contributed by atoms with Crippen LogP contribution in [0, 0.1) is 0 Å². The number of quaternary nitrogens is 1. The Hall–Kier alpha value is -1.51. The molecule has 0 radical (unpaired) electrons. The highest BCUT2D eigenvalue weighted by Gasteiger charge is 2.27. The Bertz CT molecular complexity index is 1430. The second kappa shape index (κ2) is 64.0. The van der Waals surface area contributed by atoms with Gasteiger partial charge in [0.25, 0.3) is 0 Å². The lowest BCUT2D eigenvalue weighted by molar-refractivity contribution is -0.870. The van der Waals surface area contributed by atoms with Gasteiger partial charge in [0.2, 0.25) is 0 Å². The summed E-state index contributed by atoms with van der Waals surface area (Å²) in [6, 6.07) is 0. The van der Waals surface area contributed by atoms with Crippen LogP contribution in [0.15, 0.2) is 24.3 Å². The molecule has 0 aliphatic carbocycles. The van der Waals surface area contributed by atoms with Gasteiger partial charge in [-0.1, -0.05) is 340 Å². The predicted molar refractivity (Wildman–Crippen MR) is 354 cm³/mol. The van der Waals surface area contributed by atoms with Crippen molar-refractivity contribution in [2.24, 2.45) is 0 Å². The summed E-state index contributed by atoms with van der Waals surface area (Å²) in [6.07, 6.45) is 80.1. The molecule has 486 valence electrons. The number of hydrogen-bond acceptors (Lipinski definition) is 7. The lowest BCUT2D eigenvalue weighted by atomic mass is 10.0. The number of carbonyl (C=O) groups excluding carboxylic acids is 2. The van der Waals surface area contributed by atoms with Gasteiger partial charge in [0, 0.05) is 12.8 Å². The van der Waals surface area contributed by atoms with Gasteiger partial charge in [-0.2, -0.15) is 0 Å². The summed E-state index contributed by atoms with van der Waals surface area (Å²) in [5, 5.41) is 0. The molecule has 0 fully saturated rings. The van der Waals surface area contributed by atoms with Gasteiger partial charge in [-0.25, -0.2) is 4.57 Å². The lowest BCUT2D eigenvalue weighted by Gasteiger charge is -2.24. The maximum absolute atomic E-state index is 12.9. The first kappa shape index (κ1) is 80.5. The SMILES string of the molecule is CCCCCCC/C=C\C/C=C\CCCCCCCCCCCCCCCC(=O)OC(COC(=O)CCCCCCCCCCCCCCCCCCCCCCCCCCCCCCCCCCC)COP(=O)(O)OCC[N+](C)(C)C. The summed E-state index contributed by atoms with van der Waals surface area (Å²) >= 11 is 0. The van der Waals surface area contributed by atoms with Crippen LogP contribution in [0.1, 0.15) is 373 Å². The molecule has 0 aliphatic rings. The first-order valence-corrected chi connectivity index (χ1v) is 37.6. The standard InChI is InChI=1S/C72H140NO8P/c1-6-8-10-12-14-16-18-20-22-24-26-28-30-32-33-34-35-36-37-38-39-41-42-44-46-48-50-52-54-56-58-60-62-64-71(74)78-68-70(69-80-82(76,77)79-67-66-73(3,4)5)81-72(75)65-63-61-59-57-55-53-51-49-47-45-43-40-31-29-27-25-23-21-19-17-15-13-11-9-7-2/h19,21,25,27,70H,6-18,20,22-24,26,28-69H2,1-5H3/p+1/b21-19-,27-25-. The Morgan fingerprint density at radius 1 is 0.378 bits per heavy atom. The van der Waals surface area contributed by atoms with Crippen LogP contribution in [0.25, 0.3) is 0 Å². The van der Waals surface area contributed by atoms with Gasteiger partial charge in [0.15, 0.2) is 6.10 Å². The average Bonchev–Trinajstić information content (AvgIpc) is 3.46. The van der Waals surface area contributed by atoms with Crippen molar-refractivity contribution >= 4 is 19.8 Å². The zero-order valence-corrected chi connectivity index (χ0v) is 56.4. The summed E-state index contributed by atoms with van der Waals surface area (Å²) in [4.78, 5) is 35.9. The minimum atomic E-state index is -4.39. The van der Waals surface area contributed by atoms with E-state index in [0.29, 0.717) is 23.9 Å². The van der Waals surface area contributed by atoms with Crippen LogP contribution in [-0.4, -0.2) is 74.9 Å². The fourth-order valence-electron chi connectivity index (χ4n) is 10.9. The zero-order valence-electron chi connectivity index (χ0n) is 55.5. The lowest BCUT2D eigenvalue weighted by Crippen LogP contribution is -2.37. The van der Waals surface area contributed by atoms with E-state index in [0.717, 1.165) is 38.5 Å². The normalized spacial score (nSPS) is 13.2. The first-order valence-electron chi connectivity index (χ1n) is 36.1. The van der Waals surface area contributed by atoms with Crippen LogP contribution < -0.4 is 0 Å². The number of ether oxygens (including phenoxy) is 2. The van der Waals surface area contributed by atoms with Gasteiger partial charge in [-0.05, 0) is 44.9 Å². The smallest absolute Gasteiger partial charge is 0.462 e. The Morgan fingerprint density at radius 3 is 0.963 bits per heavy atom. The number of esters is 2. The molecular formula is C72H141NO8P+. The second-order valence-corrected chi connectivity index (χ2v) is 27.4. The van der Waals surface area contributed by atoms with Crippen molar-refractivity contribution in [3.8, 4) is 0 Å². The number of unbranched alkanes of at least 4 members (excludes halogenated alkanes) is 50. The Kier molecular flexibility index (Phi) is 62.8. The van der Waals surface area contributed by atoms with E-state index in [9.17, 15) is 19.0 Å². The van der Waals surface area contributed by atoms with E-state index in [-0.39, 0.29) is 25.6 Å². The fourth-order valence-corrected chi connectivity index (χ4v) is 11.7. The van der Waals surface area contributed by atoms with E-state index in [1.54, 1.807) is 0 Å². The predicted octanol–water partition coefficient (Wildman–Crippen LogP) is 23.3. The Labute approximate surface area is 510 Å². The maximum Gasteiger partial charge on any atom is 0.472 e. The molecule has 1 N–H and O–H groups in total. The number of phosphoric ester groups is 1. The molecule has 0 aliphatic heterocycles. The number of rotatable bonds is 68. The number of likely N-dealkylation sites (N-methyl/N-ethyl adjacent to an activating group) is 1. The monoisotopic (exact) mass is 1180 g/mol. The van der Waals surface area contributed by atoms with Crippen molar-refractivity contribution < 1.29 is 42.1 Å². The van der Waals surface area contributed by atoms with Crippen molar-refractivity contribution in [3.05, 3.63) is 24.3 Å². The largest absolute Gasteiger partial charge is 0.472 e. The summed E-state index contributed by atoms with van der Waals surface area (Å²) in [5.41, 5.74) is 0. The molecular weight excluding hydrogens is 1040 g/mol. The molecule has 0 heterocycles. The number of hydrogen-bond donors (Lipinski definition) is 1. The van der Waals surface area contributed by atoms with E-state index < -0.39 is 26.5 Å². The van der Waals surface area contributed by atoms with Gasteiger partial charge >= 0.3 is 19.8 Å². The van der Waals surface area contributed by atoms with Crippen molar-refractivity contribution in [2.75, 3.05) is 47.5 Å². The van der Waals surface area contributed by atoms with Gasteiger partial charge in [0.1, 0.15) is 19.8 Å². The van der Waals surface area contributed by atoms with Crippen LogP contribution in [0.5, 0.6) is 0 Å². The van der Waals surface area contributed by atoms with Gasteiger partial charge in [0.05, 0.1) is 27.7 Å². The highest BCUT2D eigenvalue weighted by molar-refractivity contribution is 7.47. The molecule has 0 aromatic rings. The molecule has 0 aromatic heterocycles. The van der Waals surface area contributed by atoms with E-state index in [4.69, 9.17) is 18.5 Å². The molecule has 0 saturated heterocycles. The molecule has 9 nitrogen and oxygen atoms in total. The first-order chi connectivity index (χ1) is 40.0. The summed E-state index contributed by atoms with van der Waals surface area (Å²) in [5.74, 6) is -0.776. The molecule has 0 aromatic carbocycles. The van der Waals surface area contributed by atoms with Gasteiger partial charge in [-0.3, -0.25) is 18.6 Å². The highest BCUT2D eigenvalue weighted by Crippen LogP contribution is 2.43. The summed E-state index contributed by atoms with van der Waals surface area (Å²) < 4.78 is 34.7. The van der Waals surface area contributed by atoms with Gasteiger partial charge < -0.3 is 18.9 Å². The number of carbonyl (C=O) groups is 2. The molecule has 2 unspecified atom stereocenters. The van der Waals surface area contributed by atoms with Crippen molar-refractivity contribution in [2.45, 2.75) is 380 Å². The van der Waals surface area contributed by atoms with Gasteiger partial charge in [-0.15, -0.1) is 0 Å². The summed E-state index contributed by atoms with van der Waals surface area (Å²) in [7, 11) is 1.50. The van der Waals surface area contributed by atoms with E-state index >= 15 is 0 Å². The fraction of sp³-hybridized carbons (Fsp3) is 0.917. The van der Waals surface area contributed by atoms with Crippen LogP contribution in [0.4, 0.5) is 0 Å². The topological polar surface area (TPSA) is 108 Å². The molecule has 0 saturated carbocycles. The third-order valence-corrected chi connectivity index (χ3v) is 17.5. The third-order valence-electron chi connectivity index (χ3n) is 16.5. The maximum atomic E-state index is 12.9. The van der Waals surface area contributed by atoms with E-state index in [1.165, 1.54) is 302 Å². The molecule has 0 spiro atoms. The van der Waals surface area contributed by atoms with Crippen LogP contribution >= 0.6 is 7.82 Å². The third kappa shape index (κ3) is 67.6. The van der Waals surface area contributed by atoms with Crippen LogP contribution in [-0.2, 0) is 32.7 Å². The minimum Gasteiger partial charge on any atom is -0.462 e. The molecule has 0 amide bonds. The molecule has 0 rings (SSSR count). The number of phosphoric acid groups is 1. The van der Waals surface area contributed by atoms with Crippen molar-refractivity contribution in [1.29, 1.82) is 0 Å². The minimum absolute atomic E-state index is 0.0348. The summed E-state index contributed by atoms with van der Waals surface area (Å²) in [6.45, 7) is 4.50. The van der Waals surface area contributed by atoms with E-state index in [1.807, 2.05) is 21.1 Å². The average molecular weight is 1180 g/mol. The van der Waals surface area contributed by atoms with Crippen LogP contribution in [0.3, 0.4) is 0 Å². The Balaban J connectivity index is 3.96. The van der Waals surface area contributed by atoms with E-state index in [2.05, 4.69) is 38.2 Å². The quantitative estimate of drug-likeness (QED) is 0.0211. The van der Waals surface area contributed by atoms with Crippen molar-refractivity contribution in [3.63, 3.8) is 0 Å². The molecule has 2 atom stereocenters.